The zero-order valence-corrected chi connectivity index (χ0v) is 15.7. The second-order valence-corrected chi connectivity index (χ2v) is 9.88. The van der Waals surface area contributed by atoms with Gasteiger partial charge in [-0.3, -0.25) is 9.59 Å². The average Bonchev–Trinajstić information content (AvgIpc) is 2.80. The van der Waals surface area contributed by atoms with E-state index in [0.29, 0.717) is 24.0 Å². The smallest absolute Gasteiger partial charge is 0.311 e. The third kappa shape index (κ3) is 1.85. The number of carbonyl (C=O) groups is 2. The Morgan fingerprint density at radius 3 is 2.58 bits per heavy atom. The van der Waals surface area contributed by atoms with Gasteiger partial charge in [-0.15, -0.1) is 0 Å². The predicted octanol–water partition coefficient (Wildman–Crippen LogP) is 4.39. The molecule has 3 nitrogen and oxygen atoms in total. The van der Waals surface area contributed by atoms with E-state index in [1.165, 1.54) is 26.4 Å². The molecular formula is C21H32O3. The molecule has 0 unspecified atom stereocenters. The van der Waals surface area contributed by atoms with Gasteiger partial charge in [-0.1, -0.05) is 20.3 Å². The third-order valence-corrected chi connectivity index (χ3v) is 8.98. The number of fused-ring (bicyclic) bond motifs is 3. The molecule has 4 aliphatic rings. The second-order valence-electron chi connectivity index (χ2n) is 9.88. The number of ether oxygens (including phenoxy) is 1. The maximum absolute atomic E-state index is 13.4. The molecule has 0 aromatic carbocycles. The molecular weight excluding hydrogens is 300 g/mol. The van der Waals surface area contributed by atoms with E-state index in [1.54, 1.807) is 0 Å². The van der Waals surface area contributed by atoms with Crippen LogP contribution >= 0.6 is 0 Å². The van der Waals surface area contributed by atoms with E-state index >= 15 is 0 Å². The fourth-order valence-electron chi connectivity index (χ4n) is 7.86. The highest BCUT2D eigenvalue weighted by Crippen LogP contribution is 2.71. The van der Waals surface area contributed by atoms with Gasteiger partial charge in [0.15, 0.2) is 0 Å². The van der Waals surface area contributed by atoms with Crippen LogP contribution in [0.2, 0.25) is 0 Å². The monoisotopic (exact) mass is 332 g/mol. The summed E-state index contributed by atoms with van der Waals surface area (Å²) in [5.41, 5.74) is -0.438. The summed E-state index contributed by atoms with van der Waals surface area (Å²) in [5, 5.41) is 0. The van der Waals surface area contributed by atoms with Crippen molar-refractivity contribution in [3.8, 4) is 0 Å². The fraction of sp³-hybridized carbons (Fsp3) is 0.905. The molecule has 2 bridgehead atoms. The Kier molecular flexibility index (Phi) is 3.51. The summed E-state index contributed by atoms with van der Waals surface area (Å²) in [6.45, 7) is 6.82. The molecule has 4 rings (SSSR count). The highest BCUT2D eigenvalue weighted by molar-refractivity contribution is 5.89. The normalized spacial score (nSPS) is 53.2. The number of Topliss-reactive ketones (excluding diaryl/α,β-unsaturated/α-hetero) is 1. The third-order valence-electron chi connectivity index (χ3n) is 8.98. The van der Waals surface area contributed by atoms with E-state index in [9.17, 15) is 9.59 Å². The molecule has 4 saturated carbocycles. The van der Waals surface area contributed by atoms with Crippen molar-refractivity contribution in [3.63, 3.8) is 0 Å². The van der Waals surface area contributed by atoms with Crippen molar-refractivity contribution in [3.05, 3.63) is 0 Å². The van der Waals surface area contributed by atoms with E-state index < -0.39 is 5.41 Å². The van der Waals surface area contributed by atoms with Gasteiger partial charge < -0.3 is 4.74 Å². The summed E-state index contributed by atoms with van der Waals surface area (Å²) in [6.07, 6.45) is 8.39. The molecule has 4 aliphatic carbocycles. The molecule has 0 radical (unpaired) electrons. The standard InChI is InChI=1S/C21H32O3/c1-13-11-21-12-14(13)6-7-15(21)19(2)8-5-9-20(3,18(23)24-4)16(19)10-17(21)22/h13-16H,5-12H2,1-4H3/t13-,14+,15-,16-,19-,20-,21-/m0/s1. The first kappa shape index (κ1) is 16.6. The van der Waals surface area contributed by atoms with Crippen LogP contribution in [-0.4, -0.2) is 18.9 Å². The van der Waals surface area contributed by atoms with Crippen LogP contribution in [0.3, 0.4) is 0 Å². The van der Waals surface area contributed by atoms with Crippen molar-refractivity contribution in [2.24, 2.45) is 39.9 Å². The van der Waals surface area contributed by atoms with Gasteiger partial charge in [-0.25, -0.2) is 0 Å². The van der Waals surface area contributed by atoms with Crippen LogP contribution in [0, 0.1) is 39.9 Å². The fourth-order valence-corrected chi connectivity index (χ4v) is 7.86. The van der Waals surface area contributed by atoms with E-state index in [1.807, 2.05) is 0 Å². The minimum absolute atomic E-state index is 0.0675. The molecule has 0 saturated heterocycles. The van der Waals surface area contributed by atoms with E-state index in [2.05, 4.69) is 20.8 Å². The van der Waals surface area contributed by atoms with Crippen LogP contribution in [0.1, 0.15) is 72.1 Å². The molecule has 0 N–H and O–H groups in total. The van der Waals surface area contributed by atoms with Crippen molar-refractivity contribution < 1.29 is 14.3 Å². The molecule has 1 spiro atoms. The number of hydrogen-bond donors (Lipinski definition) is 0. The first-order chi connectivity index (χ1) is 11.3. The lowest BCUT2D eigenvalue weighted by atomic mass is 9.40. The lowest BCUT2D eigenvalue weighted by Gasteiger charge is -2.62. The first-order valence-electron chi connectivity index (χ1n) is 9.90. The van der Waals surface area contributed by atoms with Gasteiger partial charge in [0.25, 0.3) is 0 Å². The van der Waals surface area contributed by atoms with Gasteiger partial charge in [0.2, 0.25) is 0 Å². The van der Waals surface area contributed by atoms with Gasteiger partial charge >= 0.3 is 5.97 Å². The van der Waals surface area contributed by atoms with E-state index in [4.69, 9.17) is 4.74 Å². The molecule has 0 heterocycles. The van der Waals surface area contributed by atoms with Gasteiger partial charge in [0.05, 0.1) is 12.5 Å². The second kappa shape index (κ2) is 5.08. The lowest BCUT2D eigenvalue weighted by molar-refractivity contribution is -0.186. The average molecular weight is 332 g/mol. The number of esters is 1. The Bertz CT molecular complexity index is 580. The van der Waals surface area contributed by atoms with Crippen LogP contribution in [0.15, 0.2) is 0 Å². The van der Waals surface area contributed by atoms with Gasteiger partial charge in [-0.05, 0) is 74.5 Å². The summed E-state index contributed by atoms with van der Waals surface area (Å²) in [4.78, 5) is 26.0. The van der Waals surface area contributed by atoms with Crippen LogP contribution in [0.5, 0.6) is 0 Å². The van der Waals surface area contributed by atoms with Gasteiger partial charge in [0, 0.05) is 11.8 Å². The minimum atomic E-state index is -0.486. The van der Waals surface area contributed by atoms with E-state index in [-0.39, 0.29) is 22.7 Å². The van der Waals surface area contributed by atoms with Crippen LogP contribution in [0.4, 0.5) is 0 Å². The summed E-state index contributed by atoms with van der Waals surface area (Å²) in [7, 11) is 1.50. The summed E-state index contributed by atoms with van der Waals surface area (Å²) < 4.78 is 5.18. The van der Waals surface area contributed by atoms with E-state index in [0.717, 1.165) is 31.6 Å². The predicted molar refractivity (Wildman–Crippen MR) is 92.2 cm³/mol. The van der Waals surface area contributed by atoms with Gasteiger partial charge in [-0.2, -0.15) is 0 Å². The molecule has 0 amide bonds. The molecule has 0 aromatic heterocycles. The highest BCUT2D eigenvalue weighted by atomic mass is 16.5. The van der Waals surface area contributed by atoms with Crippen molar-refractivity contribution >= 4 is 11.8 Å². The van der Waals surface area contributed by atoms with Crippen LogP contribution in [-0.2, 0) is 14.3 Å². The Morgan fingerprint density at radius 1 is 1.12 bits per heavy atom. The van der Waals surface area contributed by atoms with Crippen LogP contribution < -0.4 is 0 Å². The summed E-state index contributed by atoms with van der Waals surface area (Å²) >= 11 is 0. The van der Waals surface area contributed by atoms with Crippen molar-refractivity contribution in [2.45, 2.75) is 72.1 Å². The molecule has 24 heavy (non-hydrogen) atoms. The number of carbonyl (C=O) groups excluding carboxylic acids is 2. The molecule has 134 valence electrons. The maximum atomic E-state index is 13.4. The number of rotatable bonds is 1. The summed E-state index contributed by atoms with van der Waals surface area (Å²) in [5.74, 6) is 2.44. The van der Waals surface area contributed by atoms with Crippen LogP contribution in [0.25, 0.3) is 0 Å². The molecule has 0 aliphatic heterocycles. The van der Waals surface area contributed by atoms with Gasteiger partial charge in [0.1, 0.15) is 5.78 Å². The SMILES string of the molecule is COC(=O)[C@@]1(C)CCC[C@@]2(C)[C@@H]3CC[C@@H]4C[C@]3(C[C@@H]4C)C(=O)C[C@@H]21. The largest absolute Gasteiger partial charge is 0.469 e. The van der Waals surface area contributed by atoms with Crippen molar-refractivity contribution in [2.75, 3.05) is 7.11 Å². The molecule has 0 aromatic rings. The zero-order chi connectivity index (χ0) is 17.3. The van der Waals surface area contributed by atoms with Crippen molar-refractivity contribution in [1.29, 1.82) is 0 Å². The summed E-state index contributed by atoms with van der Waals surface area (Å²) in [6, 6.07) is 0. The number of methoxy groups -OCH3 is 1. The zero-order valence-electron chi connectivity index (χ0n) is 15.7. The minimum Gasteiger partial charge on any atom is -0.469 e. The molecule has 3 heteroatoms. The lowest BCUT2D eigenvalue weighted by Crippen LogP contribution is -2.61. The quantitative estimate of drug-likeness (QED) is 0.669. The Balaban J connectivity index is 1.78. The Labute approximate surface area is 145 Å². The Morgan fingerprint density at radius 2 is 1.88 bits per heavy atom. The maximum Gasteiger partial charge on any atom is 0.311 e. The molecule has 7 atom stereocenters. The van der Waals surface area contributed by atoms with Crippen molar-refractivity contribution in [1.82, 2.24) is 0 Å². The topological polar surface area (TPSA) is 43.4 Å². The Hall–Kier alpha value is -0.860. The first-order valence-corrected chi connectivity index (χ1v) is 9.90. The highest BCUT2D eigenvalue weighted by Gasteiger charge is 2.68. The number of ketones is 1. The molecule has 4 fully saturated rings. The number of hydrogen-bond acceptors (Lipinski definition) is 3.